The molecule has 0 saturated carbocycles. The number of carbonyl (C=O) groups excluding carboxylic acids is 1. The number of nitrogens with zero attached hydrogens (tertiary/aromatic N) is 3. The van der Waals surface area contributed by atoms with Crippen LogP contribution in [-0.4, -0.2) is 43.3 Å². The molecular weight excluding hydrogens is 475 g/mol. The van der Waals surface area contributed by atoms with Crippen molar-refractivity contribution in [2.45, 2.75) is 46.6 Å². The van der Waals surface area contributed by atoms with Crippen LogP contribution >= 0.6 is 0 Å². The highest BCUT2D eigenvalue weighted by atomic mass is 19.1. The lowest BCUT2D eigenvalue weighted by molar-refractivity contribution is 0.0973. The summed E-state index contributed by atoms with van der Waals surface area (Å²) in [5.41, 5.74) is 8.12. The van der Waals surface area contributed by atoms with Crippen molar-refractivity contribution < 1.29 is 23.4 Å². The van der Waals surface area contributed by atoms with Gasteiger partial charge in [0.25, 0.3) is 0 Å². The minimum atomic E-state index is -0.611. The van der Waals surface area contributed by atoms with E-state index in [0.717, 1.165) is 11.3 Å². The number of ketones is 1. The first-order chi connectivity index (χ1) is 17.6. The van der Waals surface area contributed by atoms with Crippen LogP contribution in [0.2, 0.25) is 0 Å². The van der Waals surface area contributed by atoms with Crippen molar-refractivity contribution in [3.8, 4) is 23.3 Å². The maximum absolute atomic E-state index is 15.4. The maximum Gasteiger partial charge on any atom is 0.197 e. The van der Waals surface area contributed by atoms with Crippen LogP contribution in [0.25, 0.3) is 10.8 Å². The summed E-state index contributed by atoms with van der Waals surface area (Å²) in [6.45, 7) is 11.5. The second-order valence-electron chi connectivity index (χ2n) is 9.96. The van der Waals surface area contributed by atoms with Crippen molar-refractivity contribution in [3.63, 3.8) is 0 Å². The molecule has 0 atom stereocenters. The first kappa shape index (κ1) is 26.1. The Hall–Kier alpha value is -3.93. The number of halogens is 1. The second-order valence-corrected chi connectivity index (χ2v) is 9.96. The summed E-state index contributed by atoms with van der Waals surface area (Å²) in [4.78, 5) is 15.5. The SMILES string of the molecule is CCOc1cc2cn(CC(=O)c3cc4c(c(C(C)(C)C)c3)OCCN4CC#N)c(N)c2c(F)c1OCC. The Morgan fingerprint density at radius 2 is 1.95 bits per heavy atom. The fraction of sp³-hybridized carbons (Fsp3) is 0.429. The summed E-state index contributed by atoms with van der Waals surface area (Å²) in [5, 5.41) is 10.0. The van der Waals surface area contributed by atoms with Gasteiger partial charge in [0.2, 0.25) is 0 Å². The lowest BCUT2D eigenvalue weighted by Gasteiger charge is -2.34. The van der Waals surface area contributed by atoms with E-state index in [1.807, 2.05) is 17.9 Å². The molecule has 196 valence electrons. The summed E-state index contributed by atoms with van der Waals surface area (Å²) in [6, 6.07) is 7.48. The Balaban J connectivity index is 1.77. The number of Topliss-reactive ketones (excluding diaryl/α,β-unsaturated/α-hetero) is 1. The number of hydrogen-bond donors (Lipinski definition) is 1. The highest BCUT2D eigenvalue weighted by molar-refractivity contribution is 6.00. The molecule has 0 spiro atoms. The number of aromatic nitrogens is 1. The van der Waals surface area contributed by atoms with Gasteiger partial charge in [-0.2, -0.15) is 5.26 Å². The van der Waals surface area contributed by atoms with Gasteiger partial charge in [0, 0.05) is 22.7 Å². The topological polar surface area (TPSA) is 103 Å². The van der Waals surface area contributed by atoms with Gasteiger partial charge >= 0.3 is 0 Å². The number of anilines is 2. The lowest BCUT2D eigenvalue weighted by Crippen LogP contribution is -2.34. The molecule has 0 radical (unpaired) electrons. The zero-order chi connectivity index (χ0) is 26.9. The van der Waals surface area contributed by atoms with Crippen molar-refractivity contribution in [1.82, 2.24) is 4.57 Å². The van der Waals surface area contributed by atoms with Crippen LogP contribution in [0.3, 0.4) is 0 Å². The number of nitrogens with two attached hydrogens (primary N) is 1. The van der Waals surface area contributed by atoms with Gasteiger partial charge in [0.15, 0.2) is 23.1 Å². The minimum Gasteiger partial charge on any atom is -0.490 e. The average molecular weight is 509 g/mol. The van der Waals surface area contributed by atoms with Crippen LogP contribution < -0.4 is 24.8 Å². The molecule has 3 aromatic rings. The van der Waals surface area contributed by atoms with Crippen LogP contribution in [0.15, 0.2) is 24.4 Å². The molecule has 0 amide bonds. The molecule has 0 saturated heterocycles. The predicted octanol–water partition coefficient (Wildman–Crippen LogP) is 5.06. The average Bonchev–Trinajstić information content (AvgIpc) is 3.15. The molecular formula is C28H33FN4O4. The molecule has 9 heteroatoms. The first-order valence-electron chi connectivity index (χ1n) is 12.4. The van der Waals surface area contributed by atoms with Gasteiger partial charge in [-0.1, -0.05) is 20.8 Å². The third kappa shape index (κ3) is 4.88. The largest absolute Gasteiger partial charge is 0.490 e. The molecule has 2 heterocycles. The van der Waals surface area contributed by atoms with Gasteiger partial charge in [-0.25, -0.2) is 4.39 Å². The summed E-state index contributed by atoms with van der Waals surface area (Å²) in [7, 11) is 0. The molecule has 0 fully saturated rings. The van der Waals surface area contributed by atoms with Crippen molar-refractivity contribution in [2.75, 3.05) is 43.5 Å². The van der Waals surface area contributed by atoms with Crippen LogP contribution in [0, 0.1) is 17.1 Å². The number of benzene rings is 2. The number of nitrogen functional groups attached to an aromatic ring is 1. The summed E-state index contributed by atoms with van der Waals surface area (Å²) in [6.07, 6.45) is 1.65. The van der Waals surface area contributed by atoms with Gasteiger partial charge in [-0.05, 0) is 37.5 Å². The fourth-order valence-corrected chi connectivity index (χ4v) is 4.64. The van der Waals surface area contributed by atoms with E-state index in [9.17, 15) is 10.1 Å². The fourth-order valence-electron chi connectivity index (χ4n) is 4.64. The van der Waals surface area contributed by atoms with Gasteiger partial charge in [0.1, 0.15) is 24.7 Å². The zero-order valence-electron chi connectivity index (χ0n) is 22.0. The van der Waals surface area contributed by atoms with Crippen molar-refractivity contribution in [1.29, 1.82) is 5.26 Å². The second kappa shape index (κ2) is 10.2. The lowest BCUT2D eigenvalue weighted by atomic mass is 9.84. The van der Waals surface area contributed by atoms with E-state index in [4.69, 9.17) is 19.9 Å². The Labute approximate surface area is 216 Å². The molecule has 0 aliphatic carbocycles. The van der Waals surface area contributed by atoms with Crippen LogP contribution in [-0.2, 0) is 12.0 Å². The Morgan fingerprint density at radius 3 is 2.59 bits per heavy atom. The van der Waals surface area contributed by atoms with Crippen molar-refractivity contribution in [3.05, 3.63) is 41.3 Å². The summed E-state index contributed by atoms with van der Waals surface area (Å²) >= 11 is 0. The molecule has 1 aromatic heterocycles. The number of fused-ring (bicyclic) bond motifs is 2. The number of rotatable bonds is 8. The summed E-state index contributed by atoms with van der Waals surface area (Å²) < 4.78 is 34.1. The molecule has 1 aliphatic rings. The van der Waals surface area contributed by atoms with Crippen molar-refractivity contribution in [2.24, 2.45) is 0 Å². The normalized spacial score (nSPS) is 13.2. The van der Waals surface area contributed by atoms with Crippen molar-refractivity contribution >= 4 is 28.1 Å². The van der Waals surface area contributed by atoms with E-state index in [2.05, 4.69) is 26.8 Å². The monoisotopic (exact) mass is 508 g/mol. The third-order valence-corrected chi connectivity index (χ3v) is 6.39. The van der Waals surface area contributed by atoms with E-state index in [1.54, 1.807) is 29.8 Å². The molecule has 2 N–H and O–H groups in total. The standard InChI is InChI=1S/C28H33FN4O4/c1-6-35-22-14-18-15-33(27(31)23(18)24(29)26(22)36-7-2)16-21(34)17-12-19(28(3,4)5)25-20(13-17)32(9-8-30)10-11-37-25/h12-15H,6-7,9-11,16,31H2,1-5H3. The number of nitriles is 1. The molecule has 37 heavy (non-hydrogen) atoms. The van der Waals surface area contributed by atoms with Gasteiger partial charge in [-0.3, -0.25) is 4.79 Å². The van der Waals surface area contributed by atoms with Gasteiger partial charge in [-0.15, -0.1) is 0 Å². The van der Waals surface area contributed by atoms with E-state index in [-0.39, 0.29) is 47.8 Å². The van der Waals surface area contributed by atoms with Crippen LogP contribution in [0.1, 0.15) is 50.5 Å². The predicted molar refractivity (Wildman–Crippen MR) is 141 cm³/mol. The molecule has 2 aromatic carbocycles. The molecule has 0 bridgehead atoms. The number of hydrogen-bond acceptors (Lipinski definition) is 7. The molecule has 8 nitrogen and oxygen atoms in total. The Morgan fingerprint density at radius 1 is 1.22 bits per heavy atom. The third-order valence-electron chi connectivity index (χ3n) is 6.39. The van der Waals surface area contributed by atoms with E-state index >= 15 is 4.39 Å². The summed E-state index contributed by atoms with van der Waals surface area (Å²) in [5.74, 6) is 0.325. The first-order valence-corrected chi connectivity index (χ1v) is 12.4. The van der Waals surface area contributed by atoms with Crippen LogP contribution in [0.4, 0.5) is 15.9 Å². The van der Waals surface area contributed by atoms with E-state index in [1.165, 1.54) is 0 Å². The quantitative estimate of drug-likeness (QED) is 0.335. The Bertz CT molecular complexity index is 1380. The maximum atomic E-state index is 15.4. The molecule has 4 rings (SSSR count). The zero-order valence-corrected chi connectivity index (χ0v) is 22.0. The molecule has 1 aliphatic heterocycles. The number of carbonyl (C=O) groups is 1. The minimum absolute atomic E-state index is 0.00900. The number of ether oxygens (including phenoxy) is 3. The Kier molecular flexibility index (Phi) is 7.21. The van der Waals surface area contributed by atoms with Gasteiger partial charge < -0.3 is 29.4 Å². The van der Waals surface area contributed by atoms with Gasteiger partial charge in [0.05, 0.1) is 43.4 Å². The highest BCUT2D eigenvalue weighted by Crippen LogP contribution is 2.43. The van der Waals surface area contributed by atoms with Crippen LogP contribution in [0.5, 0.6) is 17.2 Å². The highest BCUT2D eigenvalue weighted by Gasteiger charge is 2.29. The smallest absolute Gasteiger partial charge is 0.197 e. The van der Waals surface area contributed by atoms with E-state index < -0.39 is 5.82 Å². The molecule has 0 unspecified atom stereocenters. The van der Waals surface area contributed by atoms with E-state index in [0.29, 0.717) is 42.2 Å².